The number of carbonyl (C=O) groups is 4. The Balaban J connectivity index is 0.960. The monoisotopic (exact) mass is 838 g/mol. The quantitative estimate of drug-likeness (QED) is 0.0412. The first-order valence-electron chi connectivity index (χ1n) is 20.7. The first-order chi connectivity index (χ1) is 29.2. The van der Waals surface area contributed by atoms with Crippen molar-refractivity contribution in [1.82, 2.24) is 16.0 Å². The van der Waals surface area contributed by atoms with Crippen LogP contribution in [0.5, 0.6) is 0 Å². The third-order valence-corrected chi connectivity index (χ3v) is 9.86. The van der Waals surface area contributed by atoms with E-state index < -0.39 is 36.3 Å². The SMILES string of the molecule is C=CCOC(=O)N[C@H]1CC(C(=O)OCC)=C[C@@H](OC(CC)CCNC(=O)CCOCCOCCOCCOCCNC(=O)OCC2c3ccccc3-c3ccccc32)C1N. The van der Waals surface area contributed by atoms with E-state index in [-0.39, 0.29) is 57.2 Å². The average molecular weight is 839 g/mol. The maximum Gasteiger partial charge on any atom is 0.407 e. The van der Waals surface area contributed by atoms with E-state index in [0.717, 1.165) is 0 Å². The van der Waals surface area contributed by atoms with Crippen molar-refractivity contribution in [3.8, 4) is 11.1 Å². The number of fused-ring (bicyclic) bond motifs is 3. The fraction of sp³-hybridized carbons (Fsp3) is 0.545. The molecule has 0 saturated carbocycles. The van der Waals surface area contributed by atoms with Crippen LogP contribution in [0.2, 0.25) is 0 Å². The number of rotatable bonds is 28. The highest BCUT2D eigenvalue weighted by molar-refractivity contribution is 5.89. The topological polar surface area (TPSA) is 204 Å². The molecule has 0 aliphatic heterocycles. The molecular weight excluding hydrogens is 776 g/mol. The molecule has 60 heavy (non-hydrogen) atoms. The molecule has 16 nitrogen and oxygen atoms in total. The number of hydrogen-bond acceptors (Lipinski definition) is 13. The highest BCUT2D eigenvalue weighted by Crippen LogP contribution is 2.44. The van der Waals surface area contributed by atoms with Crippen molar-refractivity contribution >= 4 is 24.1 Å². The molecule has 0 bridgehead atoms. The molecule has 2 aliphatic rings. The Hall–Kier alpha value is -4.84. The largest absolute Gasteiger partial charge is 0.463 e. The number of alkyl carbamates (subject to hydrolysis) is 2. The van der Waals surface area contributed by atoms with Crippen molar-refractivity contribution in [1.29, 1.82) is 0 Å². The first kappa shape index (κ1) is 47.8. The fourth-order valence-electron chi connectivity index (χ4n) is 6.81. The van der Waals surface area contributed by atoms with E-state index in [0.29, 0.717) is 77.8 Å². The molecule has 330 valence electrons. The van der Waals surface area contributed by atoms with Crippen LogP contribution < -0.4 is 21.7 Å². The summed E-state index contributed by atoms with van der Waals surface area (Å²) < 4.78 is 44.1. The molecule has 0 aromatic heterocycles. The summed E-state index contributed by atoms with van der Waals surface area (Å²) in [5.41, 5.74) is 11.5. The normalized spacial score (nSPS) is 17.4. The van der Waals surface area contributed by atoms with E-state index in [1.807, 2.05) is 31.2 Å². The van der Waals surface area contributed by atoms with Gasteiger partial charge in [-0.25, -0.2) is 14.4 Å². The molecule has 4 atom stereocenters. The molecule has 16 heteroatoms. The number of carbonyl (C=O) groups excluding carboxylic acids is 4. The van der Waals surface area contributed by atoms with Crippen LogP contribution in [0.15, 0.2) is 72.8 Å². The van der Waals surface area contributed by atoms with Crippen LogP contribution in [0.4, 0.5) is 9.59 Å². The maximum atomic E-state index is 12.6. The molecule has 0 fully saturated rings. The summed E-state index contributed by atoms with van der Waals surface area (Å²) in [5, 5.41) is 8.33. The van der Waals surface area contributed by atoms with E-state index in [1.54, 1.807) is 13.0 Å². The number of ether oxygens (including phenoxy) is 8. The molecule has 3 amide bonds. The van der Waals surface area contributed by atoms with Crippen molar-refractivity contribution in [2.45, 2.75) is 69.7 Å². The second-order valence-corrected chi connectivity index (χ2v) is 14.1. The third kappa shape index (κ3) is 16.0. The van der Waals surface area contributed by atoms with Gasteiger partial charge in [-0.05, 0) is 48.1 Å². The molecule has 2 aliphatic carbocycles. The van der Waals surface area contributed by atoms with Crippen molar-refractivity contribution in [2.75, 3.05) is 85.8 Å². The van der Waals surface area contributed by atoms with Crippen molar-refractivity contribution in [3.63, 3.8) is 0 Å². The van der Waals surface area contributed by atoms with Crippen molar-refractivity contribution in [3.05, 3.63) is 84.0 Å². The predicted molar refractivity (Wildman–Crippen MR) is 223 cm³/mol. The van der Waals surface area contributed by atoms with Crippen LogP contribution in [0.3, 0.4) is 0 Å². The molecule has 0 spiro atoms. The number of hydrogen-bond donors (Lipinski definition) is 4. The summed E-state index contributed by atoms with van der Waals surface area (Å²) in [4.78, 5) is 49.5. The summed E-state index contributed by atoms with van der Waals surface area (Å²) >= 11 is 0. The second kappa shape index (κ2) is 27.1. The third-order valence-electron chi connectivity index (χ3n) is 9.86. The molecular formula is C44H62N4O12. The number of benzene rings is 2. The van der Waals surface area contributed by atoms with Gasteiger partial charge in [0.25, 0.3) is 0 Å². The average Bonchev–Trinajstić information content (AvgIpc) is 3.57. The van der Waals surface area contributed by atoms with Gasteiger partial charge in [-0.15, -0.1) is 0 Å². The summed E-state index contributed by atoms with van der Waals surface area (Å²) in [7, 11) is 0. The minimum absolute atomic E-state index is 0.0126. The number of esters is 1. The minimum atomic E-state index is -0.676. The van der Waals surface area contributed by atoms with Crippen LogP contribution in [0, 0.1) is 0 Å². The van der Waals surface area contributed by atoms with E-state index in [4.69, 9.17) is 43.6 Å². The second-order valence-electron chi connectivity index (χ2n) is 14.1. The highest BCUT2D eigenvalue weighted by Gasteiger charge is 2.36. The molecule has 5 N–H and O–H groups in total. The van der Waals surface area contributed by atoms with E-state index in [2.05, 4.69) is 46.8 Å². The van der Waals surface area contributed by atoms with Crippen molar-refractivity contribution in [2.24, 2.45) is 5.73 Å². The minimum Gasteiger partial charge on any atom is -0.463 e. The van der Waals surface area contributed by atoms with Gasteiger partial charge in [0.1, 0.15) is 13.2 Å². The lowest BCUT2D eigenvalue weighted by molar-refractivity contribution is -0.139. The van der Waals surface area contributed by atoms with Gasteiger partial charge in [-0.2, -0.15) is 0 Å². The Morgan fingerprint density at radius 3 is 2.02 bits per heavy atom. The maximum absolute atomic E-state index is 12.6. The molecule has 2 aromatic rings. The smallest absolute Gasteiger partial charge is 0.407 e. The van der Waals surface area contributed by atoms with Gasteiger partial charge in [0.05, 0.1) is 83.8 Å². The van der Waals surface area contributed by atoms with Crippen LogP contribution in [-0.4, -0.2) is 134 Å². The summed E-state index contributed by atoms with van der Waals surface area (Å²) in [6.45, 7) is 11.2. The van der Waals surface area contributed by atoms with Crippen LogP contribution >= 0.6 is 0 Å². The molecule has 0 heterocycles. The Morgan fingerprint density at radius 2 is 1.40 bits per heavy atom. The fourth-order valence-corrected chi connectivity index (χ4v) is 6.81. The Kier molecular flexibility index (Phi) is 21.6. The lowest BCUT2D eigenvalue weighted by atomic mass is 9.88. The molecule has 2 unspecified atom stereocenters. The van der Waals surface area contributed by atoms with Crippen LogP contribution in [-0.2, 0) is 47.5 Å². The standard InChI is InChI=1S/C44H62N4O12/c1-4-19-58-44(52)48-38-28-31(42(50)57-6-3)29-39(41(38)45)60-32(5-2)15-17-46-40(49)16-20-53-22-24-55-26-27-56-25-23-54-21-18-47-43(51)59-30-37-35-13-9-7-11-33(35)34-12-8-10-14-36(34)37/h4,7-14,29,32,37-39,41H,1,5-6,15-28,30,45H2,2-3H3,(H,46,49)(H,47,51)(H,48,52)/t32?,38-,39+,41?/m0/s1. The van der Waals surface area contributed by atoms with Gasteiger partial charge < -0.3 is 59.6 Å². The molecule has 4 rings (SSSR count). The van der Waals surface area contributed by atoms with Gasteiger partial charge >= 0.3 is 18.2 Å². The van der Waals surface area contributed by atoms with Gasteiger partial charge in [0.2, 0.25) is 5.91 Å². The Morgan fingerprint density at radius 1 is 0.783 bits per heavy atom. The summed E-state index contributed by atoms with van der Waals surface area (Å²) in [6, 6.07) is 15.1. The Labute approximate surface area is 352 Å². The van der Waals surface area contributed by atoms with Crippen LogP contribution in [0.25, 0.3) is 11.1 Å². The zero-order valence-corrected chi connectivity index (χ0v) is 34.9. The van der Waals surface area contributed by atoms with Crippen LogP contribution in [0.1, 0.15) is 56.6 Å². The molecule has 2 aromatic carbocycles. The van der Waals surface area contributed by atoms with Gasteiger partial charge in [-0.1, -0.05) is 68.1 Å². The van der Waals surface area contributed by atoms with Gasteiger partial charge in [0, 0.05) is 37.4 Å². The number of amides is 3. The zero-order valence-electron chi connectivity index (χ0n) is 34.9. The van der Waals surface area contributed by atoms with Gasteiger partial charge in [-0.3, -0.25) is 4.79 Å². The lowest BCUT2D eigenvalue weighted by Crippen LogP contribution is -2.56. The predicted octanol–water partition coefficient (Wildman–Crippen LogP) is 4.15. The van der Waals surface area contributed by atoms with E-state index in [1.165, 1.54) is 28.3 Å². The molecule has 0 radical (unpaired) electrons. The Bertz CT molecular complexity index is 1640. The van der Waals surface area contributed by atoms with Crippen molar-refractivity contribution < 1.29 is 57.1 Å². The van der Waals surface area contributed by atoms with Gasteiger partial charge in [0.15, 0.2) is 0 Å². The van der Waals surface area contributed by atoms with E-state index >= 15 is 0 Å². The summed E-state index contributed by atoms with van der Waals surface area (Å²) in [5.74, 6) is -0.642. The summed E-state index contributed by atoms with van der Waals surface area (Å²) in [6.07, 6.45) is 2.51. The highest BCUT2D eigenvalue weighted by atomic mass is 16.6. The zero-order chi connectivity index (χ0) is 43.0. The lowest BCUT2D eigenvalue weighted by Gasteiger charge is -2.36. The number of nitrogens with one attached hydrogen (secondary N) is 3. The van der Waals surface area contributed by atoms with E-state index in [9.17, 15) is 19.2 Å². The number of nitrogens with two attached hydrogens (primary N) is 1. The molecule has 0 saturated heterocycles. The first-order valence-corrected chi connectivity index (χ1v) is 20.7.